The van der Waals surface area contributed by atoms with Gasteiger partial charge < -0.3 is 14.2 Å². The monoisotopic (exact) mass is 432 g/mol. The van der Waals surface area contributed by atoms with E-state index < -0.39 is 0 Å². The molecule has 1 aromatic rings. The molecular weight excluding hydrogens is 407 g/mol. The van der Waals surface area contributed by atoms with E-state index in [2.05, 4.69) is 34.3 Å². The normalized spacial score (nSPS) is 12.2. The zero-order valence-electron chi connectivity index (χ0n) is 14.0. The predicted octanol–water partition coefficient (Wildman–Crippen LogP) is 4.99. The van der Waals surface area contributed by atoms with Gasteiger partial charge in [0.15, 0.2) is 11.5 Å². The topological polar surface area (TPSA) is 44.8 Å². The average molecular weight is 432 g/mol. The lowest BCUT2D eigenvalue weighted by atomic mass is 10.1. The summed E-state index contributed by atoms with van der Waals surface area (Å²) in [5.41, 5.74) is 0.854. The van der Waals surface area contributed by atoms with E-state index in [4.69, 9.17) is 9.47 Å². The molecule has 0 radical (unpaired) electrons. The number of unbranched alkanes of at least 4 members (excludes halogenated alkanes) is 3. The first-order valence-electron chi connectivity index (χ1n) is 7.85. The van der Waals surface area contributed by atoms with E-state index in [1.807, 2.05) is 18.2 Å². The first-order chi connectivity index (χ1) is 11.1. The van der Waals surface area contributed by atoms with Gasteiger partial charge in [-0.05, 0) is 59.2 Å². The van der Waals surface area contributed by atoms with Crippen LogP contribution in [0.4, 0.5) is 0 Å². The van der Waals surface area contributed by atoms with Gasteiger partial charge in [-0.3, -0.25) is 0 Å². The fourth-order valence-corrected chi connectivity index (χ4v) is 2.76. The standard InChI is InChI=1S/C18H25IO4/c1-4-5-6-7-8-17(19)23-15-11-9-14(13-16(15)21-2)10-12-18(20)22-3/h9-13,17H,4-8H2,1-3H3/b12-10+/t17-/m1/s1. The molecule has 1 atom stereocenters. The van der Waals surface area contributed by atoms with Gasteiger partial charge in [0, 0.05) is 6.08 Å². The molecule has 0 N–H and O–H groups in total. The number of benzene rings is 1. The second-order valence-electron chi connectivity index (χ2n) is 5.14. The third-order valence-electron chi connectivity index (χ3n) is 3.34. The van der Waals surface area contributed by atoms with Crippen molar-refractivity contribution >= 4 is 34.6 Å². The number of hydrogen-bond acceptors (Lipinski definition) is 4. The van der Waals surface area contributed by atoms with Crippen molar-refractivity contribution in [2.24, 2.45) is 0 Å². The van der Waals surface area contributed by atoms with Crippen molar-refractivity contribution in [3.8, 4) is 11.5 Å². The number of halogens is 1. The smallest absolute Gasteiger partial charge is 0.330 e. The summed E-state index contributed by atoms with van der Waals surface area (Å²) in [6.45, 7) is 2.21. The average Bonchev–Trinajstić information content (AvgIpc) is 2.57. The minimum absolute atomic E-state index is 0.120. The van der Waals surface area contributed by atoms with E-state index in [1.165, 1.54) is 38.9 Å². The van der Waals surface area contributed by atoms with Crippen LogP contribution in [-0.4, -0.2) is 24.3 Å². The maximum atomic E-state index is 11.1. The zero-order valence-corrected chi connectivity index (χ0v) is 16.2. The summed E-state index contributed by atoms with van der Waals surface area (Å²) >= 11 is 2.32. The van der Waals surface area contributed by atoms with E-state index in [9.17, 15) is 4.79 Å². The lowest BCUT2D eigenvalue weighted by Crippen LogP contribution is -2.08. The Morgan fingerprint density at radius 2 is 2.00 bits per heavy atom. The van der Waals surface area contributed by atoms with Crippen LogP contribution in [-0.2, 0) is 9.53 Å². The Hall–Kier alpha value is -1.24. The third kappa shape index (κ3) is 7.72. The lowest BCUT2D eigenvalue weighted by molar-refractivity contribution is -0.134. The van der Waals surface area contributed by atoms with Crippen LogP contribution >= 0.6 is 22.6 Å². The fraction of sp³-hybridized carbons (Fsp3) is 0.500. The summed E-state index contributed by atoms with van der Waals surface area (Å²) in [5, 5.41) is 0. The number of methoxy groups -OCH3 is 2. The molecule has 0 bridgehead atoms. The van der Waals surface area contributed by atoms with Crippen LogP contribution in [0.5, 0.6) is 11.5 Å². The molecule has 0 aliphatic heterocycles. The molecule has 23 heavy (non-hydrogen) atoms. The first-order valence-corrected chi connectivity index (χ1v) is 9.10. The van der Waals surface area contributed by atoms with Gasteiger partial charge in [-0.1, -0.05) is 32.3 Å². The molecule has 0 fully saturated rings. The van der Waals surface area contributed by atoms with Gasteiger partial charge in [0.2, 0.25) is 0 Å². The zero-order chi connectivity index (χ0) is 17.1. The van der Waals surface area contributed by atoms with Gasteiger partial charge in [-0.15, -0.1) is 0 Å². The number of alkyl halides is 1. The molecule has 0 heterocycles. The number of hydrogen-bond donors (Lipinski definition) is 0. The summed E-state index contributed by atoms with van der Waals surface area (Å²) in [5.74, 6) is 0.994. The Labute approximate surface area is 152 Å². The summed E-state index contributed by atoms with van der Waals surface area (Å²) < 4.78 is 16.0. The molecule has 4 nitrogen and oxygen atoms in total. The molecular formula is C18H25IO4. The van der Waals surface area contributed by atoms with Crippen LogP contribution in [0.3, 0.4) is 0 Å². The molecule has 1 rings (SSSR count). The second-order valence-corrected chi connectivity index (χ2v) is 6.53. The summed E-state index contributed by atoms with van der Waals surface area (Å²) in [6.07, 6.45) is 9.01. The molecule has 5 heteroatoms. The highest BCUT2D eigenvalue weighted by Gasteiger charge is 2.10. The molecule has 0 amide bonds. The van der Waals surface area contributed by atoms with Crippen molar-refractivity contribution in [2.45, 2.75) is 43.1 Å². The predicted molar refractivity (Wildman–Crippen MR) is 101 cm³/mol. The second kappa shape index (κ2) is 11.3. The molecule has 1 aromatic carbocycles. The highest BCUT2D eigenvalue weighted by Crippen LogP contribution is 2.31. The number of carbonyl (C=O) groups excluding carboxylic acids is 1. The van der Waals surface area contributed by atoms with Crippen molar-refractivity contribution < 1.29 is 19.0 Å². The molecule has 0 aromatic heterocycles. The van der Waals surface area contributed by atoms with Crippen LogP contribution in [0.2, 0.25) is 0 Å². The molecule has 0 aliphatic rings. The molecule has 0 saturated heterocycles. The minimum atomic E-state index is -0.385. The molecule has 0 aliphatic carbocycles. The largest absolute Gasteiger partial charge is 0.493 e. The Kier molecular flexibility index (Phi) is 9.75. The lowest BCUT2D eigenvalue weighted by Gasteiger charge is -2.16. The molecule has 0 saturated carbocycles. The Bertz CT molecular complexity index is 514. The van der Waals surface area contributed by atoms with Crippen molar-refractivity contribution in [1.29, 1.82) is 0 Å². The Balaban J connectivity index is 2.65. The van der Waals surface area contributed by atoms with Crippen molar-refractivity contribution in [3.05, 3.63) is 29.8 Å². The first kappa shape index (κ1) is 19.8. The van der Waals surface area contributed by atoms with Gasteiger partial charge >= 0.3 is 5.97 Å². The van der Waals surface area contributed by atoms with Gasteiger partial charge in [-0.25, -0.2) is 4.79 Å². The van der Waals surface area contributed by atoms with E-state index >= 15 is 0 Å². The highest BCUT2D eigenvalue weighted by atomic mass is 127. The molecule has 0 unspecified atom stereocenters. The number of esters is 1. The van der Waals surface area contributed by atoms with E-state index in [0.717, 1.165) is 17.7 Å². The third-order valence-corrected chi connectivity index (χ3v) is 4.22. The maximum Gasteiger partial charge on any atom is 0.330 e. The van der Waals surface area contributed by atoms with Gasteiger partial charge in [0.1, 0.15) is 4.11 Å². The van der Waals surface area contributed by atoms with Gasteiger partial charge in [-0.2, -0.15) is 0 Å². The molecule has 128 valence electrons. The van der Waals surface area contributed by atoms with E-state index in [1.54, 1.807) is 13.2 Å². The highest BCUT2D eigenvalue weighted by molar-refractivity contribution is 14.1. The van der Waals surface area contributed by atoms with Crippen LogP contribution in [0, 0.1) is 0 Å². The summed E-state index contributed by atoms with van der Waals surface area (Å²) in [4.78, 5) is 11.1. The quantitative estimate of drug-likeness (QED) is 0.172. The van der Waals surface area contributed by atoms with Crippen molar-refractivity contribution in [3.63, 3.8) is 0 Å². The van der Waals surface area contributed by atoms with Crippen LogP contribution in [0.1, 0.15) is 44.6 Å². The van der Waals surface area contributed by atoms with Crippen molar-refractivity contribution in [2.75, 3.05) is 14.2 Å². The number of ether oxygens (including phenoxy) is 3. The SMILES string of the molecule is CCCCCC[C@H](I)Oc1ccc(/C=C/C(=O)OC)cc1OC. The van der Waals surface area contributed by atoms with Gasteiger partial charge in [0.25, 0.3) is 0 Å². The number of rotatable bonds is 10. The maximum absolute atomic E-state index is 11.1. The van der Waals surface area contributed by atoms with E-state index in [-0.39, 0.29) is 10.1 Å². The van der Waals surface area contributed by atoms with Gasteiger partial charge in [0.05, 0.1) is 14.2 Å². The molecule has 0 spiro atoms. The number of carbonyl (C=O) groups is 1. The fourth-order valence-electron chi connectivity index (χ4n) is 2.05. The van der Waals surface area contributed by atoms with Crippen LogP contribution in [0.15, 0.2) is 24.3 Å². The summed E-state index contributed by atoms with van der Waals surface area (Å²) in [7, 11) is 2.96. The van der Waals surface area contributed by atoms with Crippen LogP contribution < -0.4 is 9.47 Å². The Morgan fingerprint density at radius 1 is 1.22 bits per heavy atom. The van der Waals surface area contributed by atoms with Crippen molar-refractivity contribution in [1.82, 2.24) is 0 Å². The van der Waals surface area contributed by atoms with Crippen LogP contribution in [0.25, 0.3) is 6.08 Å². The Morgan fingerprint density at radius 3 is 2.65 bits per heavy atom. The van der Waals surface area contributed by atoms with E-state index in [0.29, 0.717) is 5.75 Å². The summed E-state index contributed by atoms with van der Waals surface area (Å²) in [6, 6.07) is 5.60. The minimum Gasteiger partial charge on any atom is -0.493 e.